The molecule has 0 fully saturated rings. The number of carbonyl (C=O) groups is 3. The average molecular weight is 1640 g/mol. The molecule has 0 bridgehead atoms. The molecule has 0 spiro atoms. The van der Waals surface area contributed by atoms with Gasteiger partial charge in [0.05, 0.1) is 67.5 Å². The molecule has 3 aliphatic heterocycles. The van der Waals surface area contributed by atoms with Crippen LogP contribution in [0, 0.1) is 48.5 Å². The summed E-state index contributed by atoms with van der Waals surface area (Å²) >= 11 is 4.69. The first-order chi connectivity index (χ1) is 53.1. The predicted molar refractivity (Wildman–Crippen MR) is 428 cm³/mol. The second-order valence-corrected chi connectivity index (χ2v) is 35.4. The lowest BCUT2D eigenvalue weighted by Crippen LogP contribution is -2.30. The Hall–Kier alpha value is -8.54. The van der Waals surface area contributed by atoms with Crippen LogP contribution in [0.2, 0.25) is 0 Å². The maximum atomic E-state index is 14.6. The Balaban J connectivity index is 0.000000185. The summed E-state index contributed by atoms with van der Waals surface area (Å²) in [6.45, 7) is 30.1. The highest BCUT2D eigenvalue weighted by molar-refractivity contribution is 7.13. The number of aryl methyl sites for hydroxylation is 10. The van der Waals surface area contributed by atoms with Gasteiger partial charge in [-0.2, -0.15) is 39.5 Å². The molecule has 114 heavy (non-hydrogen) atoms. The van der Waals surface area contributed by atoms with E-state index in [1.807, 2.05) is 71.9 Å². The van der Waals surface area contributed by atoms with Crippen LogP contribution in [0.3, 0.4) is 0 Å². The van der Waals surface area contributed by atoms with Crippen LogP contribution >= 0.6 is 34.0 Å². The van der Waals surface area contributed by atoms with E-state index in [1.54, 1.807) is 146 Å². The van der Waals surface area contributed by atoms with E-state index in [1.165, 1.54) is 18.2 Å². The SMILES string of the molecule is COC(=O)C(OC(C)(C)C)c1c(C(F)(F)F)ccc(-c2cc(C)sc2C)c1-c1ccc2c(c1)CCCO2.COC(=O)C(OC(C)(C)C)c1c(C(F)(F)F)ccc(C)c1-c1ccc2c(c1)CCCO2.Cc1cc(-c2ccc(C(F)(F)F)c(C(OC(C)(C)C)C(=O)O)c2-c2ccc3c(c2)CCCO3)c(C)s1.Cc1cc(B(O)O)c(C)s1. The van der Waals surface area contributed by atoms with Gasteiger partial charge < -0.3 is 53.0 Å². The van der Waals surface area contributed by atoms with Crippen molar-refractivity contribution in [2.45, 2.75) is 203 Å². The third kappa shape index (κ3) is 21.8. The molecule has 12 rings (SSSR count). The van der Waals surface area contributed by atoms with Crippen molar-refractivity contribution in [3.63, 3.8) is 0 Å². The number of halogens is 9. The molecule has 0 radical (unpaired) electrons. The van der Waals surface area contributed by atoms with E-state index >= 15 is 0 Å². The lowest BCUT2D eigenvalue weighted by atomic mass is 9.80. The molecular formula is C87H96BF9O14S3. The number of carboxylic acids is 1. The van der Waals surface area contributed by atoms with Gasteiger partial charge in [-0.25, -0.2) is 14.4 Å². The Labute approximate surface area is 671 Å². The van der Waals surface area contributed by atoms with E-state index in [2.05, 4.69) is 0 Å². The van der Waals surface area contributed by atoms with Gasteiger partial charge >= 0.3 is 43.6 Å². The zero-order valence-corrected chi connectivity index (χ0v) is 69.5. The van der Waals surface area contributed by atoms with Crippen molar-refractivity contribution < 1.29 is 107 Å². The number of benzene rings is 6. The van der Waals surface area contributed by atoms with Gasteiger partial charge in [0, 0.05) is 46.0 Å². The molecule has 0 amide bonds. The first-order valence-corrected chi connectivity index (χ1v) is 39.5. The average Bonchev–Trinajstić information content (AvgIpc) is 1.18. The molecule has 612 valence electrons. The van der Waals surface area contributed by atoms with Crippen molar-refractivity contribution in [3.8, 4) is 72.9 Å². The van der Waals surface area contributed by atoms with E-state index in [0.717, 1.165) is 140 Å². The summed E-state index contributed by atoms with van der Waals surface area (Å²) in [7, 11) is 0.978. The van der Waals surface area contributed by atoms with Crippen molar-refractivity contribution in [1.82, 2.24) is 0 Å². The van der Waals surface area contributed by atoms with Gasteiger partial charge in [0.15, 0.2) is 18.3 Å². The van der Waals surface area contributed by atoms with E-state index in [9.17, 15) is 59.0 Å². The number of carbonyl (C=O) groups excluding carboxylic acids is 2. The summed E-state index contributed by atoms with van der Waals surface area (Å²) < 4.78 is 174. The minimum absolute atomic E-state index is 0.218. The summed E-state index contributed by atoms with van der Waals surface area (Å²) in [5, 5.41) is 27.7. The number of fused-ring (bicyclic) bond motifs is 3. The standard InChI is InChI=1S/C29H31F3O4S.C28H29F3O4S.C24H27F3O4.C6H9BO2S/c1-16-14-21(17(2)37-16)20-10-11-22(29(30,31)32)25(26(27(33)34-6)36-28(3,4)5)24(20)19-9-12-23-18(15-19)8-7-13-35-23;1-15-13-20(16(2)36-15)19-9-10-21(28(29,30)31)24(25(26(32)33)35-27(3,4)5)23(19)18-8-11-22-17(14-18)7-6-12-34-22;1-14-8-10-17(24(25,26)27)20(21(22(28)29-5)31-23(2,3)4)19(14)16-9-11-18-15(13-16)7-6-12-30-18;1-4-3-6(7(8)9)5(2)10-4/h9-12,14-15,26H,7-8,13H2,1-6H3;8-11,13-14,25H,6-7,12H2,1-5H3,(H,32,33);8-11,13,21H,6-7,12H2,1-5H3;3,8-9H,1-2H3. The third-order valence-corrected chi connectivity index (χ3v) is 21.6. The van der Waals surface area contributed by atoms with Crippen LogP contribution in [-0.4, -0.2) is 91.0 Å². The van der Waals surface area contributed by atoms with Crippen molar-refractivity contribution >= 4 is 64.5 Å². The quantitative estimate of drug-likeness (QED) is 0.0500. The maximum absolute atomic E-state index is 14.6. The molecule has 3 aromatic heterocycles. The van der Waals surface area contributed by atoms with Gasteiger partial charge in [-0.05, 0) is 305 Å². The lowest BCUT2D eigenvalue weighted by molar-refractivity contribution is -0.167. The molecule has 27 heteroatoms. The Morgan fingerprint density at radius 1 is 0.412 bits per heavy atom. The summed E-state index contributed by atoms with van der Waals surface area (Å²) in [6, 6.07) is 29.1. The van der Waals surface area contributed by atoms with E-state index < -0.39 is 95.4 Å². The highest BCUT2D eigenvalue weighted by atomic mass is 32.1. The number of carboxylic acid groups (broad SMARTS) is 1. The number of ether oxygens (including phenoxy) is 8. The number of hydrogen-bond acceptors (Lipinski definition) is 16. The minimum atomic E-state index is -4.78. The number of rotatable bonds is 15. The van der Waals surface area contributed by atoms with Crippen LogP contribution in [0.4, 0.5) is 39.5 Å². The number of thiophene rings is 3. The second-order valence-electron chi connectivity index (χ2n) is 31.0. The zero-order chi connectivity index (χ0) is 84.2. The summed E-state index contributed by atoms with van der Waals surface area (Å²) in [6.07, 6.45) is -14.4. The Morgan fingerprint density at radius 3 is 1.02 bits per heavy atom. The van der Waals surface area contributed by atoms with Gasteiger partial charge in [-0.1, -0.05) is 36.4 Å². The highest BCUT2D eigenvalue weighted by Gasteiger charge is 2.46. The van der Waals surface area contributed by atoms with Crippen LogP contribution in [0.15, 0.2) is 109 Å². The van der Waals surface area contributed by atoms with Gasteiger partial charge in [-0.3, -0.25) is 0 Å². The summed E-state index contributed by atoms with van der Waals surface area (Å²) in [4.78, 5) is 44.3. The van der Waals surface area contributed by atoms with Gasteiger partial charge in [-0.15, -0.1) is 34.0 Å². The second kappa shape index (κ2) is 35.9. The number of hydrogen-bond donors (Lipinski definition) is 3. The number of aliphatic carboxylic acids is 1. The predicted octanol–water partition coefficient (Wildman–Crippen LogP) is 22.1. The molecule has 6 heterocycles. The fourth-order valence-corrected chi connectivity index (χ4v) is 17.0. The molecule has 0 saturated heterocycles. The molecule has 6 aromatic carbocycles. The topological polar surface area (TPSA) is 186 Å². The highest BCUT2D eigenvalue weighted by Crippen LogP contribution is 2.53. The monoisotopic (exact) mass is 1640 g/mol. The minimum Gasteiger partial charge on any atom is -0.493 e. The normalized spacial score (nSPS) is 14.4. The van der Waals surface area contributed by atoms with Crippen LogP contribution in [0.25, 0.3) is 55.6 Å². The molecule has 3 N–H and O–H groups in total. The largest absolute Gasteiger partial charge is 0.493 e. The van der Waals surface area contributed by atoms with Crippen molar-refractivity contribution in [2.75, 3.05) is 34.0 Å². The van der Waals surface area contributed by atoms with Crippen LogP contribution in [0.5, 0.6) is 17.2 Å². The lowest BCUT2D eigenvalue weighted by Gasteiger charge is -2.31. The zero-order valence-electron chi connectivity index (χ0n) is 67.0. The van der Waals surface area contributed by atoms with Crippen molar-refractivity contribution in [2.24, 2.45) is 0 Å². The smallest absolute Gasteiger partial charge is 0.489 e. The number of esters is 2. The summed E-state index contributed by atoms with van der Waals surface area (Å²) in [5.74, 6) is -1.09. The fourth-order valence-electron chi connectivity index (χ4n) is 14.2. The van der Waals surface area contributed by atoms with Crippen LogP contribution < -0.4 is 19.7 Å². The van der Waals surface area contributed by atoms with Crippen LogP contribution in [-0.2, 0) is 75.9 Å². The third-order valence-electron chi connectivity index (χ3n) is 18.7. The van der Waals surface area contributed by atoms with Gasteiger partial charge in [0.25, 0.3) is 0 Å². The Bertz CT molecular complexity index is 4970. The van der Waals surface area contributed by atoms with Gasteiger partial charge in [0.1, 0.15) is 17.2 Å². The van der Waals surface area contributed by atoms with Crippen molar-refractivity contribution in [3.05, 3.63) is 194 Å². The number of alkyl halides is 9. The van der Waals surface area contributed by atoms with Gasteiger partial charge in [0.2, 0.25) is 0 Å². The van der Waals surface area contributed by atoms with E-state index in [0.29, 0.717) is 75.5 Å². The molecule has 3 atom stereocenters. The Kier molecular flexibility index (Phi) is 28.2. The van der Waals surface area contributed by atoms with E-state index in [4.69, 9.17) is 47.9 Å². The molecule has 0 aliphatic carbocycles. The molecular weight excluding hydrogens is 1550 g/mol. The first kappa shape index (κ1) is 89.4. The van der Waals surface area contributed by atoms with Crippen molar-refractivity contribution in [1.29, 1.82) is 0 Å². The van der Waals surface area contributed by atoms with E-state index in [-0.39, 0.29) is 22.3 Å². The number of methoxy groups -OCH3 is 2. The molecule has 3 aliphatic rings. The molecule has 14 nitrogen and oxygen atoms in total. The first-order valence-electron chi connectivity index (χ1n) is 37.1. The fraction of sp³-hybridized carbons (Fsp3) is 0.414. The maximum Gasteiger partial charge on any atom is 0.489 e. The molecule has 0 saturated carbocycles. The molecule has 3 unspecified atom stereocenters. The van der Waals surface area contributed by atoms with Crippen LogP contribution in [0.1, 0.15) is 185 Å². The summed E-state index contributed by atoms with van der Waals surface area (Å²) in [5.41, 5.74) is 2.67. The molecule has 9 aromatic rings. The Morgan fingerprint density at radius 2 is 0.728 bits per heavy atom.